The van der Waals surface area contributed by atoms with Crippen LogP contribution in [0.2, 0.25) is 10.0 Å². The minimum absolute atomic E-state index is 0.0562. The Morgan fingerprint density at radius 2 is 1.72 bits per heavy atom. The molecule has 1 heterocycles. The molecule has 1 saturated heterocycles. The highest BCUT2D eigenvalue weighted by atomic mass is 35.5. The topological polar surface area (TPSA) is 82.3 Å². The molecule has 6 nitrogen and oxygen atoms in total. The number of phenolic OH excluding ortho intramolecular Hbond substituents is 1. The average molecular weight is 534 g/mol. The van der Waals surface area contributed by atoms with Crippen LogP contribution in [0.5, 0.6) is 5.75 Å². The van der Waals surface area contributed by atoms with Crippen LogP contribution >= 0.6 is 35.0 Å². The number of phenols is 1. The molecule has 0 bridgehead atoms. The van der Waals surface area contributed by atoms with E-state index in [1.807, 2.05) is 42.5 Å². The van der Waals surface area contributed by atoms with Gasteiger partial charge in [-0.1, -0.05) is 65.7 Å². The summed E-state index contributed by atoms with van der Waals surface area (Å²) in [4.78, 5) is 27.2. The summed E-state index contributed by atoms with van der Waals surface area (Å²) < 4.78 is 0. The highest BCUT2D eigenvalue weighted by Crippen LogP contribution is 2.37. The summed E-state index contributed by atoms with van der Waals surface area (Å²) >= 11 is 12.9. The molecule has 1 aliphatic heterocycles. The monoisotopic (exact) mass is 533 g/mol. The number of azo groups is 1. The number of carbonyl (C=O) groups is 2. The molecule has 1 N–H and O–H groups in total. The van der Waals surface area contributed by atoms with Crippen LogP contribution in [0.3, 0.4) is 0 Å². The maximum absolute atomic E-state index is 13.1. The van der Waals surface area contributed by atoms with Crippen LogP contribution in [0.25, 0.3) is 16.8 Å². The van der Waals surface area contributed by atoms with Crippen molar-refractivity contribution < 1.29 is 14.7 Å². The number of carbonyl (C=O) groups excluding carboxylic acids is 2. The van der Waals surface area contributed by atoms with Crippen LogP contribution in [-0.2, 0) is 11.3 Å². The number of benzene rings is 4. The number of nitrogens with zero attached hydrogens (tertiary/aromatic N) is 3. The fourth-order valence-electron chi connectivity index (χ4n) is 3.77. The van der Waals surface area contributed by atoms with Gasteiger partial charge in [0.2, 0.25) is 0 Å². The molecule has 2 amide bonds. The first-order valence-corrected chi connectivity index (χ1v) is 12.4. The molecule has 1 aliphatic rings. The minimum atomic E-state index is -0.419. The van der Waals surface area contributed by atoms with Crippen molar-refractivity contribution in [3.63, 3.8) is 0 Å². The van der Waals surface area contributed by atoms with Gasteiger partial charge in [0.05, 0.1) is 22.2 Å². The Bertz CT molecular complexity index is 1580. The molecule has 178 valence electrons. The number of thioether (sulfide) groups is 1. The zero-order valence-corrected chi connectivity index (χ0v) is 20.9. The standard InChI is InChI=1S/C27H17Cl2N3O3S/c28-19-8-10-23(22(29)14-19)31-30-20-9-11-24(33)18(12-20)13-25-26(34)32(27(35)36-25)15-17-6-3-5-16-4-1-2-7-21(16)17/h1-14,33H,15H2/b25-13-,31-30?. The van der Waals surface area contributed by atoms with E-state index in [0.717, 1.165) is 28.1 Å². The molecule has 1 fully saturated rings. The molecule has 0 unspecified atom stereocenters. The predicted octanol–water partition coefficient (Wildman–Crippen LogP) is 8.50. The number of halogens is 2. The lowest BCUT2D eigenvalue weighted by molar-refractivity contribution is -0.123. The third-order valence-corrected chi connectivity index (χ3v) is 7.01. The van der Waals surface area contributed by atoms with Crippen LogP contribution in [0, 0.1) is 0 Å². The summed E-state index contributed by atoms with van der Waals surface area (Å²) in [7, 11) is 0. The highest BCUT2D eigenvalue weighted by Gasteiger charge is 2.35. The second-order valence-electron chi connectivity index (χ2n) is 7.94. The summed E-state index contributed by atoms with van der Waals surface area (Å²) in [5.74, 6) is -0.475. The van der Waals surface area contributed by atoms with Gasteiger partial charge in [-0.2, -0.15) is 5.11 Å². The van der Waals surface area contributed by atoms with Gasteiger partial charge >= 0.3 is 0 Å². The molecule has 0 aliphatic carbocycles. The second kappa shape index (κ2) is 10.1. The van der Waals surface area contributed by atoms with Gasteiger partial charge in [0.15, 0.2) is 0 Å². The molecule has 36 heavy (non-hydrogen) atoms. The van der Waals surface area contributed by atoms with Crippen molar-refractivity contribution >= 4 is 74.3 Å². The average Bonchev–Trinajstić information content (AvgIpc) is 3.13. The van der Waals surface area contributed by atoms with Gasteiger partial charge in [0, 0.05) is 10.6 Å². The number of amides is 2. The van der Waals surface area contributed by atoms with Crippen LogP contribution in [0.1, 0.15) is 11.1 Å². The quantitative estimate of drug-likeness (QED) is 0.206. The summed E-state index contributed by atoms with van der Waals surface area (Å²) in [6.45, 7) is 0.158. The maximum Gasteiger partial charge on any atom is 0.293 e. The van der Waals surface area contributed by atoms with E-state index in [1.165, 1.54) is 17.0 Å². The molecule has 4 aromatic carbocycles. The molecule has 0 aromatic heterocycles. The van der Waals surface area contributed by atoms with E-state index in [1.54, 1.807) is 30.3 Å². The number of hydrogen-bond acceptors (Lipinski definition) is 6. The molecule has 0 spiro atoms. The Morgan fingerprint density at radius 1 is 0.917 bits per heavy atom. The Labute approximate surface area is 220 Å². The van der Waals surface area contributed by atoms with Gasteiger partial charge in [0.1, 0.15) is 11.4 Å². The lowest BCUT2D eigenvalue weighted by Gasteiger charge is -2.14. The second-order valence-corrected chi connectivity index (χ2v) is 9.78. The molecule has 0 atom stereocenters. The molecule has 9 heteroatoms. The zero-order valence-electron chi connectivity index (χ0n) is 18.6. The van der Waals surface area contributed by atoms with E-state index >= 15 is 0 Å². The van der Waals surface area contributed by atoms with Crippen LogP contribution in [-0.4, -0.2) is 21.2 Å². The lowest BCUT2D eigenvalue weighted by Crippen LogP contribution is -2.27. The van der Waals surface area contributed by atoms with Crippen molar-refractivity contribution in [1.29, 1.82) is 0 Å². The van der Waals surface area contributed by atoms with E-state index < -0.39 is 5.91 Å². The number of imide groups is 1. The van der Waals surface area contributed by atoms with E-state index in [0.29, 0.717) is 27.0 Å². The highest BCUT2D eigenvalue weighted by molar-refractivity contribution is 8.18. The molecule has 4 aromatic rings. The van der Waals surface area contributed by atoms with Crippen LogP contribution in [0.4, 0.5) is 16.2 Å². The first-order valence-electron chi connectivity index (χ1n) is 10.8. The van der Waals surface area contributed by atoms with Crippen molar-refractivity contribution in [2.45, 2.75) is 6.54 Å². The molecular formula is C27H17Cl2N3O3S. The Balaban J connectivity index is 1.39. The van der Waals surface area contributed by atoms with Crippen molar-refractivity contribution in [3.05, 3.63) is 105 Å². The van der Waals surface area contributed by atoms with Gasteiger partial charge in [-0.05, 0) is 70.6 Å². The molecule has 0 radical (unpaired) electrons. The number of hydrogen-bond donors (Lipinski definition) is 1. The minimum Gasteiger partial charge on any atom is -0.507 e. The largest absolute Gasteiger partial charge is 0.507 e. The Morgan fingerprint density at radius 3 is 2.56 bits per heavy atom. The first-order chi connectivity index (χ1) is 17.4. The van der Waals surface area contributed by atoms with Gasteiger partial charge in [-0.15, -0.1) is 5.11 Å². The normalized spacial score (nSPS) is 15.1. The summed E-state index contributed by atoms with van der Waals surface area (Å²) in [6.07, 6.45) is 1.48. The molecular weight excluding hydrogens is 517 g/mol. The third kappa shape index (κ3) is 4.99. The van der Waals surface area contributed by atoms with E-state index in [2.05, 4.69) is 10.2 Å². The number of aromatic hydroxyl groups is 1. The summed E-state index contributed by atoms with van der Waals surface area (Å²) in [5.41, 5.74) is 2.08. The van der Waals surface area contributed by atoms with E-state index in [4.69, 9.17) is 23.2 Å². The van der Waals surface area contributed by atoms with Gasteiger partial charge < -0.3 is 5.11 Å². The smallest absolute Gasteiger partial charge is 0.293 e. The predicted molar refractivity (Wildman–Crippen MR) is 144 cm³/mol. The maximum atomic E-state index is 13.1. The summed E-state index contributed by atoms with van der Waals surface area (Å²) in [5, 5.41) is 21.1. The molecule has 5 rings (SSSR count). The summed E-state index contributed by atoms with van der Waals surface area (Å²) in [6, 6.07) is 23.1. The molecule has 0 saturated carbocycles. The van der Waals surface area contributed by atoms with Crippen molar-refractivity contribution in [2.75, 3.05) is 0 Å². The fourth-order valence-corrected chi connectivity index (χ4v) is 5.05. The lowest BCUT2D eigenvalue weighted by atomic mass is 10.0. The van der Waals surface area contributed by atoms with Gasteiger partial charge in [-0.25, -0.2) is 0 Å². The third-order valence-electron chi connectivity index (χ3n) is 5.56. The Kier molecular flexibility index (Phi) is 6.78. The van der Waals surface area contributed by atoms with Gasteiger partial charge in [-0.3, -0.25) is 14.5 Å². The van der Waals surface area contributed by atoms with Crippen molar-refractivity contribution in [2.24, 2.45) is 10.2 Å². The van der Waals surface area contributed by atoms with E-state index in [-0.39, 0.29) is 22.4 Å². The van der Waals surface area contributed by atoms with Crippen molar-refractivity contribution in [3.8, 4) is 5.75 Å². The zero-order chi connectivity index (χ0) is 25.2. The first kappa shape index (κ1) is 24.1. The van der Waals surface area contributed by atoms with Crippen LogP contribution in [0.15, 0.2) is 94.0 Å². The van der Waals surface area contributed by atoms with Gasteiger partial charge in [0.25, 0.3) is 11.1 Å². The van der Waals surface area contributed by atoms with Crippen molar-refractivity contribution in [1.82, 2.24) is 4.90 Å². The SMILES string of the molecule is O=C1S/C(=C\c2cc(N=Nc3ccc(Cl)cc3Cl)ccc2O)C(=O)N1Cc1cccc2ccccc12. The van der Waals surface area contributed by atoms with E-state index in [9.17, 15) is 14.7 Å². The number of fused-ring (bicyclic) bond motifs is 1. The van der Waals surface area contributed by atoms with Crippen LogP contribution < -0.4 is 0 Å². The Hall–Kier alpha value is -3.65. The number of rotatable bonds is 5. The fraction of sp³-hybridized carbons (Fsp3) is 0.0370.